The van der Waals surface area contributed by atoms with Crippen LogP contribution in [0.2, 0.25) is 0 Å². The number of hydrogen-bond donors (Lipinski definition) is 1. The fraction of sp³-hybridized carbons (Fsp3) is 0.793. The lowest BCUT2D eigenvalue weighted by Gasteiger charge is -2.31. The minimum Gasteiger partial charge on any atom is -0.390 e. The van der Waals surface area contributed by atoms with E-state index in [2.05, 4.69) is 26.0 Å². The summed E-state index contributed by atoms with van der Waals surface area (Å²) < 4.78 is 6.19. The van der Waals surface area contributed by atoms with Crippen LogP contribution < -0.4 is 0 Å². The molecule has 2 nitrogen and oxygen atoms in total. The highest BCUT2D eigenvalue weighted by Crippen LogP contribution is 2.46. The Hall–Kier alpha value is -0.510. The van der Waals surface area contributed by atoms with Gasteiger partial charge >= 0.3 is 0 Å². The fourth-order valence-corrected chi connectivity index (χ4v) is 6.74. The van der Waals surface area contributed by atoms with Gasteiger partial charge in [-0.05, 0) is 86.8 Å². The van der Waals surface area contributed by atoms with Gasteiger partial charge in [0.1, 0.15) is 0 Å². The second-order valence-electron chi connectivity index (χ2n) is 11.1. The Morgan fingerprint density at radius 1 is 0.938 bits per heavy atom. The van der Waals surface area contributed by atoms with Crippen molar-refractivity contribution in [1.29, 1.82) is 0 Å². The van der Waals surface area contributed by atoms with E-state index in [0.717, 1.165) is 0 Å². The lowest BCUT2D eigenvalue weighted by molar-refractivity contribution is 0.0582. The third-order valence-electron chi connectivity index (χ3n) is 7.80. The van der Waals surface area contributed by atoms with Crippen LogP contribution in [0.4, 0.5) is 0 Å². The molecule has 3 heteroatoms. The Kier molecular flexibility index (Phi) is 10.5. The van der Waals surface area contributed by atoms with Crippen molar-refractivity contribution in [2.75, 3.05) is 6.61 Å². The first-order valence-electron chi connectivity index (χ1n) is 13.6. The van der Waals surface area contributed by atoms with Crippen molar-refractivity contribution in [2.24, 2.45) is 0 Å². The van der Waals surface area contributed by atoms with Crippen molar-refractivity contribution in [3.8, 4) is 0 Å². The highest BCUT2D eigenvalue weighted by Gasteiger charge is 2.27. The van der Waals surface area contributed by atoms with E-state index in [1.165, 1.54) is 88.4 Å². The van der Waals surface area contributed by atoms with Crippen molar-refractivity contribution in [2.45, 2.75) is 146 Å². The summed E-state index contributed by atoms with van der Waals surface area (Å²) >= 11 is 1.63. The second-order valence-corrected chi connectivity index (χ2v) is 11.9. The molecule has 2 fully saturated rings. The average Bonchev–Trinajstić information content (AvgIpc) is 2.80. The molecule has 2 saturated carbocycles. The van der Waals surface area contributed by atoms with Crippen molar-refractivity contribution in [3.05, 3.63) is 28.8 Å². The molecule has 0 spiro atoms. The summed E-state index contributed by atoms with van der Waals surface area (Å²) in [5, 5.41) is 10.1. The number of rotatable bonds is 11. The van der Waals surface area contributed by atoms with E-state index in [9.17, 15) is 5.11 Å². The molecule has 0 aliphatic heterocycles. The van der Waals surface area contributed by atoms with Gasteiger partial charge in [0.25, 0.3) is 0 Å². The molecule has 2 aliphatic rings. The Morgan fingerprint density at radius 3 is 1.91 bits per heavy atom. The van der Waals surface area contributed by atoms with Crippen molar-refractivity contribution in [3.63, 3.8) is 0 Å². The molecule has 0 aromatic heterocycles. The zero-order valence-electron chi connectivity index (χ0n) is 21.3. The molecule has 2 aliphatic carbocycles. The Balaban J connectivity index is 1.98. The molecule has 1 N–H and O–H groups in total. The van der Waals surface area contributed by atoms with Gasteiger partial charge < -0.3 is 9.29 Å². The second kappa shape index (κ2) is 12.8. The van der Waals surface area contributed by atoms with Crippen LogP contribution in [0.5, 0.6) is 0 Å². The molecule has 3 rings (SSSR count). The van der Waals surface area contributed by atoms with Crippen LogP contribution in [0, 0.1) is 0 Å². The molecule has 0 saturated heterocycles. The summed E-state index contributed by atoms with van der Waals surface area (Å²) in [7, 11) is 0. The van der Waals surface area contributed by atoms with Crippen LogP contribution in [0.3, 0.4) is 0 Å². The molecule has 32 heavy (non-hydrogen) atoms. The summed E-state index contributed by atoms with van der Waals surface area (Å²) in [4.78, 5) is 1.44. The maximum Gasteiger partial charge on any atom is 0.0645 e. The van der Waals surface area contributed by atoms with Crippen LogP contribution in [-0.4, -0.2) is 17.3 Å². The summed E-state index contributed by atoms with van der Waals surface area (Å²) in [5.41, 5.74) is 4.10. The van der Waals surface area contributed by atoms with Gasteiger partial charge in [0.15, 0.2) is 0 Å². The molecule has 0 bridgehead atoms. The van der Waals surface area contributed by atoms with Gasteiger partial charge in [-0.25, -0.2) is 0 Å². The van der Waals surface area contributed by atoms with Gasteiger partial charge in [0.05, 0.1) is 12.2 Å². The molecule has 182 valence electrons. The normalized spacial score (nSPS) is 19.9. The predicted octanol–water partition coefficient (Wildman–Crippen LogP) is 9.26. The molecule has 1 atom stereocenters. The van der Waals surface area contributed by atoms with Gasteiger partial charge in [0.2, 0.25) is 0 Å². The molecular weight excluding hydrogens is 412 g/mol. The van der Waals surface area contributed by atoms with E-state index in [1.807, 2.05) is 13.8 Å². The van der Waals surface area contributed by atoms with Crippen molar-refractivity contribution >= 4 is 12.0 Å². The lowest BCUT2D eigenvalue weighted by Crippen LogP contribution is -2.20. The maximum absolute atomic E-state index is 10.1. The summed E-state index contributed by atoms with van der Waals surface area (Å²) in [5.74, 6) is 2.05. The first kappa shape index (κ1) is 26.1. The van der Waals surface area contributed by atoms with Crippen LogP contribution in [0.25, 0.3) is 0 Å². The quantitative estimate of drug-likeness (QED) is 0.263. The lowest BCUT2D eigenvalue weighted by atomic mass is 9.77. The largest absolute Gasteiger partial charge is 0.390 e. The third-order valence-corrected chi connectivity index (χ3v) is 8.72. The highest BCUT2D eigenvalue weighted by molar-refractivity contribution is 7.94. The van der Waals surface area contributed by atoms with Crippen molar-refractivity contribution in [1.82, 2.24) is 0 Å². The minimum atomic E-state index is -0.669. The first-order valence-corrected chi connectivity index (χ1v) is 14.4. The SMILES string of the molecule is CCCC(CC)c1cc(C2CCCCC2)c(SOCCC(C)(C)O)c(C2CCCCC2)c1. The zero-order chi connectivity index (χ0) is 23.0. The van der Waals surface area contributed by atoms with E-state index in [-0.39, 0.29) is 0 Å². The van der Waals surface area contributed by atoms with E-state index in [4.69, 9.17) is 4.18 Å². The van der Waals surface area contributed by atoms with Gasteiger partial charge in [0, 0.05) is 23.4 Å². The Bertz CT molecular complexity index is 642. The zero-order valence-corrected chi connectivity index (χ0v) is 22.1. The number of hydrogen-bond acceptors (Lipinski definition) is 3. The number of aliphatic hydroxyl groups is 1. The fourth-order valence-electron chi connectivity index (χ4n) is 5.81. The standard InChI is InChI=1S/C29H48O2S/c1-5-13-22(6-2)25-20-26(23-14-9-7-10-15-23)28(32-31-19-18-29(3,4)30)27(21-25)24-16-11-8-12-17-24/h20-24,30H,5-19H2,1-4H3. The van der Waals surface area contributed by atoms with E-state index in [0.29, 0.717) is 30.8 Å². The van der Waals surface area contributed by atoms with Crippen LogP contribution >= 0.6 is 12.0 Å². The summed E-state index contributed by atoms with van der Waals surface area (Å²) in [6, 6.07) is 5.18. The Labute approximate surface area is 202 Å². The van der Waals surface area contributed by atoms with Gasteiger partial charge in [-0.3, -0.25) is 0 Å². The summed E-state index contributed by atoms with van der Waals surface area (Å²) in [6.45, 7) is 9.03. The molecule has 0 radical (unpaired) electrons. The Morgan fingerprint density at radius 2 is 1.47 bits per heavy atom. The van der Waals surface area contributed by atoms with E-state index < -0.39 is 5.60 Å². The first-order chi connectivity index (χ1) is 15.4. The molecule has 1 unspecified atom stereocenters. The summed E-state index contributed by atoms with van der Waals surface area (Å²) in [6.07, 6.45) is 18.0. The van der Waals surface area contributed by atoms with Gasteiger partial charge in [-0.2, -0.15) is 0 Å². The van der Waals surface area contributed by atoms with Gasteiger partial charge in [-0.1, -0.05) is 70.9 Å². The number of benzene rings is 1. The predicted molar refractivity (Wildman–Crippen MR) is 139 cm³/mol. The van der Waals surface area contributed by atoms with Crippen molar-refractivity contribution < 1.29 is 9.29 Å². The molecule has 0 amide bonds. The molecule has 0 heterocycles. The molecule has 1 aromatic carbocycles. The average molecular weight is 461 g/mol. The monoisotopic (exact) mass is 460 g/mol. The van der Waals surface area contributed by atoms with E-state index >= 15 is 0 Å². The van der Waals surface area contributed by atoms with Crippen LogP contribution in [0.15, 0.2) is 17.0 Å². The third kappa shape index (κ3) is 7.50. The van der Waals surface area contributed by atoms with Crippen LogP contribution in [-0.2, 0) is 4.18 Å². The van der Waals surface area contributed by atoms with Crippen LogP contribution in [0.1, 0.15) is 152 Å². The highest BCUT2D eigenvalue weighted by atomic mass is 32.2. The topological polar surface area (TPSA) is 29.5 Å². The van der Waals surface area contributed by atoms with E-state index in [1.54, 1.807) is 28.7 Å². The van der Waals surface area contributed by atoms with Gasteiger partial charge in [-0.15, -0.1) is 0 Å². The maximum atomic E-state index is 10.1. The molecule has 1 aromatic rings. The smallest absolute Gasteiger partial charge is 0.0645 e. The molecular formula is C29H48O2S. The minimum absolute atomic E-state index is 0.595.